The van der Waals surface area contributed by atoms with Gasteiger partial charge in [0, 0.05) is 5.54 Å². The Labute approximate surface area is 72.6 Å². The minimum Gasteiger partial charge on any atom is -0.344 e. The molecule has 0 aliphatic rings. The van der Waals surface area contributed by atoms with Crippen molar-refractivity contribution in [3.63, 3.8) is 0 Å². The van der Waals surface area contributed by atoms with Gasteiger partial charge in [-0.3, -0.25) is 0 Å². The first-order chi connectivity index (χ1) is 4.98. The predicted octanol–water partition coefficient (Wildman–Crippen LogP) is 1.83. The molecule has 0 fully saturated rings. The summed E-state index contributed by atoms with van der Waals surface area (Å²) >= 11 is 0. The van der Waals surface area contributed by atoms with Crippen LogP contribution in [0.4, 0.5) is 0 Å². The van der Waals surface area contributed by atoms with Gasteiger partial charge in [-0.2, -0.15) is 0 Å². The van der Waals surface area contributed by atoms with Gasteiger partial charge in [0.05, 0.1) is 0 Å². The Morgan fingerprint density at radius 1 is 1.18 bits per heavy atom. The van der Waals surface area contributed by atoms with Crippen molar-refractivity contribution in [3.05, 3.63) is 0 Å². The van der Waals surface area contributed by atoms with Crippen LogP contribution in [-0.2, 0) is 0 Å². The first-order valence-corrected chi connectivity index (χ1v) is 4.69. The average Bonchev–Trinajstić information content (AvgIpc) is 1.86. The molecule has 0 atom stereocenters. The van der Waals surface area contributed by atoms with Crippen LogP contribution in [0.15, 0.2) is 0 Å². The second-order valence-corrected chi connectivity index (χ2v) is 4.30. The second kappa shape index (κ2) is 4.81. The Balaban J connectivity index is 3.44. The van der Waals surface area contributed by atoms with Crippen LogP contribution in [-0.4, -0.2) is 24.9 Å². The second-order valence-electron chi connectivity index (χ2n) is 4.30. The summed E-state index contributed by atoms with van der Waals surface area (Å²) in [6.45, 7) is 10.3. The van der Waals surface area contributed by atoms with Crippen LogP contribution >= 0.6 is 0 Å². The summed E-state index contributed by atoms with van der Waals surface area (Å²) in [5, 5.41) is 0. The summed E-state index contributed by atoms with van der Waals surface area (Å²) in [6, 6.07) is 0. The van der Waals surface area contributed by atoms with Crippen molar-refractivity contribution in [1.29, 1.82) is 0 Å². The summed E-state index contributed by atoms with van der Waals surface area (Å²) < 4.78 is 0. The molecule has 0 aromatic rings. The molecule has 66 valence electrons. The molecule has 0 aromatic heterocycles. The zero-order valence-corrected chi connectivity index (χ0v) is 8.78. The third-order valence-corrected chi connectivity index (χ3v) is 2.24. The molecule has 0 heterocycles. The Hall–Kier alpha value is 0.0249. The molecule has 0 aromatic carbocycles. The average molecular weight is 155 g/mol. The van der Waals surface area contributed by atoms with Crippen LogP contribution in [0.1, 0.15) is 47.0 Å². The van der Waals surface area contributed by atoms with E-state index in [4.69, 9.17) is 0 Å². The quantitative estimate of drug-likeness (QED) is 0.442. The molecule has 0 bridgehead atoms. The smallest absolute Gasteiger partial charge is 0.186 e. The van der Waals surface area contributed by atoms with Gasteiger partial charge in [0.2, 0.25) is 0 Å². The number of unbranched alkanes of at least 4 members (excludes halogenated alkanes) is 2. The fourth-order valence-electron chi connectivity index (χ4n) is 0.934. The summed E-state index contributed by atoms with van der Waals surface area (Å²) in [5.41, 5.74) is 0.341. The summed E-state index contributed by atoms with van der Waals surface area (Å²) in [4.78, 5) is 2.42. The first-order valence-electron chi connectivity index (χ1n) is 4.69. The van der Waals surface area contributed by atoms with Crippen molar-refractivity contribution < 1.29 is 0 Å². The zero-order chi connectivity index (χ0) is 8.91. The van der Waals surface area contributed by atoms with Gasteiger partial charge in [0.15, 0.2) is 7.98 Å². The summed E-state index contributed by atoms with van der Waals surface area (Å²) in [6.07, 6.45) is 4.02. The van der Waals surface area contributed by atoms with Crippen LogP contribution in [0, 0.1) is 0 Å². The van der Waals surface area contributed by atoms with Crippen LogP contribution in [0.25, 0.3) is 0 Å². The molecule has 1 nitrogen and oxygen atoms in total. The van der Waals surface area contributed by atoms with Crippen LogP contribution < -0.4 is 0 Å². The highest BCUT2D eigenvalue weighted by atomic mass is 15.1. The van der Waals surface area contributed by atoms with E-state index in [0.29, 0.717) is 5.54 Å². The Bertz CT molecular complexity index is 96.2. The maximum Gasteiger partial charge on any atom is 0.186 e. The van der Waals surface area contributed by atoms with Crippen molar-refractivity contribution in [2.24, 2.45) is 0 Å². The summed E-state index contributed by atoms with van der Waals surface area (Å²) in [7, 11) is 2.20. The molecule has 0 rings (SSSR count). The number of hydrogen-bond acceptors (Lipinski definition) is 1. The van der Waals surface area contributed by atoms with Crippen molar-refractivity contribution in [2.45, 2.75) is 52.5 Å². The van der Waals surface area contributed by atoms with Gasteiger partial charge in [0.1, 0.15) is 0 Å². The molecule has 0 amide bonds. The minimum atomic E-state index is 0.341. The lowest BCUT2D eigenvalue weighted by molar-refractivity contribution is 0.256. The minimum absolute atomic E-state index is 0.341. The summed E-state index contributed by atoms with van der Waals surface area (Å²) in [5.74, 6) is 0. The number of hydrogen-bond donors (Lipinski definition) is 0. The third-order valence-electron chi connectivity index (χ3n) is 2.24. The molecule has 0 aliphatic carbocycles. The first kappa shape index (κ1) is 11.0. The molecule has 0 N–H and O–H groups in total. The van der Waals surface area contributed by atoms with Gasteiger partial charge >= 0.3 is 0 Å². The van der Waals surface area contributed by atoms with Gasteiger partial charge in [0.25, 0.3) is 0 Å². The molecular formula is C9H22BN. The van der Waals surface area contributed by atoms with Gasteiger partial charge in [-0.05, 0) is 33.7 Å². The molecule has 0 unspecified atom stereocenters. The highest BCUT2D eigenvalue weighted by Crippen LogP contribution is 2.10. The number of rotatable bonds is 4. The van der Waals surface area contributed by atoms with E-state index in [9.17, 15) is 0 Å². The van der Waals surface area contributed by atoms with E-state index in [2.05, 4.69) is 40.5 Å². The SMILES string of the molecule is BN(CCCCC)C(C)(C)C. The number of nitrogens with zero attached hydrogens (tertiary/aromatic N) is 1. The molecule has 11 heavy (non-hydrogen) atoms. The molecule has 0 spiro atoms. The van der Waals surface area contributed by atoms with E-state index in [-0.39, 0.29) is 0 Å². The van der Waals surface area contributed by atoms with Gasteiger partial charge in [-0.1, -0.05) is 19.8 Å². The maximum absolute atomic E-state index is 2.42. The van der Waals surface area contributed by atoms with Crippen molar-refractivity contribution in [1.82, 2.24) is 4.81 Å². The van der Waals surface area contributed by atoms with Gasteiger partial charge in [-0.25, -0.2) is 0 Å². The van der Waals surface area contributed by atoms with Crippen LogP contribution in [0.5, 0.6) is 0 Å². The molecular weight excluding hydrogens is 133 g/mol. The van der Waals surface area contributed by atoms with Crippen LogP contribution in [0.2, 0.25) is 0 Å². The molecule has 2 heteroatoms. The van der Waals surface area contributed by atoms with Gasteiger partial charge in [-0.15, -0.1) is 0 Å². The lowest BCUT2D eigenvalue weighted by Crippen LogP contribution is -2.39. The molecule has 0 radical (unpaired) electrons. The standard InChI is InChI=1S/C9H22BN/c1-5-6-7-8-11(10)9(2,3)4/h5-8,10H2,1-4H3. The lowest BCUT2D eigenvalue weighted by atomic mass is 10.0. The molecule has 0 saturated heterocycles. The van der Waals surface area contributed by atoms with Crippen molar-refractivity contribution in [2.75, 3.05) is 6.54 Å². The topological polar surface area (TPSA) is 3.24 Å². The van der Waals surface area contributed by atoms with E-state index in [1.165, 1.54) is 25.8 Å². The maximum atomic E-state index is 2.42. The molecule has 0 saturated carbocycles. The van der Waals surface area contributed by atoms with Crippen LogP contribution in [0.3, 0.4) is 0 Å². The molecule has 0 aliphatic heterocycles. The van der Waals surface area contributed by atoms with E-state index < -0.39 is 0 Å². The van der Waals surface area contributed by atoms with E-state index >= 15 is 0 Å². The van der Waals surface area contributed by atoms with E-state index in [1.807, 2.05) is 0 Å². The Morgan fingerprint density at radius 3 is 2.09 bits per heavy atom. The fourth-order valence-corrected chi connectivity index (χ4v) is 0.934. The van der Waals surface area contributed by atoms with E-state index in [1.54, 1.807) is 0 Å². The third kappa shape index (κ3) is 5.31. The predicted molar refractivity (Wildman–Crippen MR) is 54.5 cm³/mol. The van der Waals surface area contributed by atoms with Gasteiger partial charge < -0.3 is 4.81 Å². The van der Waals surface area contributed by atoms with Crippen molar-refractivity contribution >= 4 is 7.98 Å². The zero-order valence-electron chi connectivity index (χ0n) is 8.78. The monoisotopic (exact) mass is 155 g/mol. The highest BCUT2D eigenvalue weighted by Gasteiger charge is 2.14. The Kier molecular flexibility index (Phi) is 4.82. The highest BCUT2D eigenvalue weighted by molar-refractivity contribution is 6.04. The lowest BCUT2D eigenvalue weighted by Gasteiger charge is -2.32. The van der Waals surface area contributed by atoms with E-state index in [0.717, 1.165) is 0 Å². The normalized spacial score (nSPS) is 12.5. The fraction of sp³-hybridized carbons (Fsp3) is 1.00. The largest absolute Gasteiger partial charge is 0.344 e. The Morgan fingerprint density at radius 2 is 1.73 bits per heavy atom. The van der Waals surface area contributed by atoms with Crippen molar-refractivity contribution in [3.8, 4) is 0 Å².